The Bertz CT molecular complexity index is 890. The van der Waals surface area contributed by atoms with Crippen LogP contribution in [0, 0.1) is 0 Å². The van der Waals surface area contributed by atoms with E-state index in [0.29, 0.717) is 11.1 Å². The second kappa shape index (κ2) is 5.05. The lowest BCUT2D eigenvalue weighted by atomic mass is 10.1. The van der Waals surface area contributed by atoms with Gasteiger partial charge in [-0.15, -0.1) is 0 Å². The molecule has 114 valence electrons. The molecule has 2 aromatic carbocycles. The standard InChI is InChI=1S/C16H13F3N2O/c1-20-13-7-2-3-8-14(13)21(15(20)22)10-11-5-4-6-12(9-11)16(17,18)19/h2-9H,10H2,1H3. The molecular formula is C16H13F3N2O. The van der Waals surface area contributed by atoms with Crippen LogP contribution in [0.15, 0.2) is 53.3 Å². The average molecular weight is 306 g/mol. The molecule has 0 aliphatic rings. The number of aromatic nitrogens is 2. The second-order valence-corrected chi connectivity index (χ2v) is 5.11. The third kappa shape index (κ3) is 2.41. The van der Waals surface area contributed by atoms with Crippen molar-refractivity contribution in [2.24, 2.45) is 7.05 Å². The van der Waals surface area contributed by atoms with Crippen LogP contribution in [-0.2, 0) is 19.8 Å². The molecule has 0 spiro atoms. The minimum Gasteiger partial charge on any atom is -0.295 e. The molecule has 0 amide bonds. The van der Waals surface area contributed by atoms with E-state index in [1.165, 1.54) is 15.2 Å². The summed E-state index contributed by atoms with van der Waals surface area (Å²) in [7, 11) is 1.65. The topological polar surface area (TPSA) is 26.9 Å². The Morgan fingerprint density at radius 1 is 1.00 bits per heavy atom. The summed E-state index contributed by atoms with van der Waals surface area (Å²) < 4.78 is 41.3. The zero-order valence-corrected chi connectivity index (χ0v) is 11.8. The van der Waals surface area contributed by atoms with E-state index in [0.717, 1.165) is 17.6 Å². The van der Waals surface area contributed by atoms with Crippen molar-refractivity contribution in [1.82, 2.24) is 9.13 Å². The van der Waals surface area contributed by atoms with Crippen molar-refractivity contribution in [2.75, 3.05) is 0 Å². The maximum absolute atomic E-state index is 12.8. The Labute approximate surface area is 124 Å². The van der Waals surface area contributed by atoms with Gasteiger partial charge in [-0.25, -0.2) is 4.79 Å². The van der Waals surface area contributed by atoms with E-state index in [2.05, 4.69) is 0 Å². The van der Waals surface area contributed by atoms with Gasteiger partial charge >= 0.3 is 11.9 Å². The van der Waals surface area contributed by atoms with Crippen LogP contribution in [0.4, 0.5) is 13.2 Å². The number of hydrogen-bond donors (Lipinski definition) is 0. The van der Waals surface area contributed by atoms with Crippen LogP contribution in [0.3, 0.4) is 0 Å². The summed E-state index contributed by atoms with van der Waals surface area (Å²) in [6, 6.07) is 12.2. The molecule has 0 unspecified atom stereocenters. The monoisotopic (exact) mass is 306 g/mol. The van der Waals surface area contributed by atoms with Gasteiger partial charge in [-0.3, -0.25) is 9.13 Å². The highest BCUT2D eigenvalue weighted by Crippen LogP contribution is 2.29. The SMILES string of the molecule is Cn1c(=O)n(Cc2cccc(C(F)(F)F)c2)c2ccccc21. The first-order valence-corrected chi connectivity index (χ1v) is 6.68. The van der Waals surface area contributed by atoms with Crippen molar-refractivity contribution >= 4 is 11.0 Å². The Morgan fingerprint density at radius 3 is 2.36 bits per heavy atom. The van der Waals surface area contributed by atoms with E-state index in [1.54, 1.807) is 31.3 Å². The van der Waals surface area contributed by atoms with Gasteiger partial charge in [0.2, 0.25) is 0 Å². The molecule has 0 aliphatic carbocycles. The van der Waals surface area contributed by atoms with Crippen molar-refractivity contribution < 1.29 is 13.2 Å². The highest BCUT2D eigenvalue weighted by Gasteiger charge is 2.30. The van der Waals surface area contributed by atoms with Crippen LogP contribution in [-0.4, -0.2) is 9.13 Å². The predicted octanol–water partition coefficient (Wildman–Crippen LogP) is 3.41. The molecule has 3 aromatic rings. The number of halogens is 3. The van der Waals surface area contributed by atoms with Gasteiger partial charge < -0.3 is 0 Å². The number of benzene rings is 2. The third-order valence-electron chi connectivity index (χ3n) is 3.65. The number of fused-ring (bicyclic) bond motifs is 1. The number of aryl methyl sites for hydroxylation is 1. The normalized spacial score (nSPS) is 12.0. The fourth-order valence-corrected chi connectivity index (χ4v) is 2.54. The maximum atomic E-state index is 12.8. The molecule has 1 heterocycles. The van der Waals surface area contributed by atoms with Gasteiger partial charge in [-0.1, -0.05) is 24.3 Å². The molecule has 3 rings (SSSR count). The summed E-state index contributed by atoms with van der Waals surface area (Å²) in [6.45, 7) is 0.101. The number of imidazole rings is 1. The van der Waals surface area contributed by atoms with Gasteiger partial charge in [0.15, 0.2) is 0 Å². The smallest absolute Gasteiger partial charge is 0.295 e. The molecule has 0 fully saturated rings. The van der Waals surface area contributed by atoms with Crippen LogP contribution in [0.5, 0.6) is 0 Å². The zero-order valence-electron chi connectivity index (χ0n) is 11.8. The molecular weight excluding hydrogens is 293 g/mol. The predicted molar refractivity (Wildman–Crippen MR) is 77.7 cm³/mol. The summed E-state index contributed by atoms with van der Waals surface area (Å²) >= 11 is 0. The molecule has 0 aliphatic heterocycles. The van der Waals surface area contributed by atoms with Gasteiger partial charge in [0.1, 0.15) is 0 Å². The lowest BCUT2D eigenvalue weighted by Gasteiger charge is -2.09. The van der Waals surface area contributed by atoms with Crippen molar-refractivity contribution in [3.05, 3.63) is 70.1 Å². The highest BCUT2D eigenvalue weighted by molar-refractivity contribution is 5.75. The molecule has 0 radical (unpaired) electrons. The Hall–Kier alpha value is -2.50. The van der Waals surface area contributed by atoms with Crippen molar-refractivity contribution in [3.8, 4) is 0 Å². The minimum absolute atomic E-state index is 0.101. The van der Waals surface area contributed by atoms with Crippen molar-refractivity contribution in [3.63, 3.8) is 0 Å². The van der Waals surface area contributed by atoms with Gasteiger partial charge in [-0.2, -0.15) is 13.2 Å². The summed E-state index contributed by atoms with van der Waals surface area (Å²) in [6.07, 6.45) is -4.39. The van der Waals surface area contributed by atoms with Crippen LogP contribution in [0.25, 0.3) is 11.0 Å². The molecule has 6 heteroatoms. The Balaban J connectivity index is 2.08. The van der Waals surface area contributed by atoms with E-state index in [4.69, 9.17) is 0 Å². The van der Waals surface area contributed by atoms with E-state index in [1.807, 2.05) is 6.07 Å². The summed E-state index contributed by atoms with van der Waals surface area (Å²) in [5.41, 5.74) is 0.928. The van der Waals surface area contributed by atoms with E-state index in [9.17, 15) is 18.0 Å². The number of rotatable bonds is 2. The highest BCUT2D eigenvalue weighted by atomic mass is 19.4. The molecule has 1 aromatic heterocycles. The Kier molecular flexibility index (Phi) is 3.31. The molecule has 3 nitrogen and oxygen atoms in total. The average Bonchev–Trinajstić information content (AvgIpc) is 2.72. The van der Waals surface area contributed by atoms with E-state index in [-0.39, 0.29) is 12.2 Å². The lowest BCUT2D eigenvalue weighted by molar-refractivity contribution is -0.137. The number of para-hydroxylation sites is 2. The first-order chi connectivity index (χ1) is 10.4. The summed E-state index contributed by atoms with van der Waals surface area (Å²) in [5.74, 6) is 0. The third-order valence-corrected chi connectivity index (χ3v) is 3.65. The number of hydrogen-bond acceptors (Lipinski definition) is 1. The van der Waals surface area contributed by atoms with Crippen LogP contribution >= 0.6 is 0 Å². The van der Waals surface area contributed by atoms with Gasteiger partial charge in [0.05, 0.1) is 23.1 Å². The first kappa shape index (κ1) is 14.4. The van der Waals surface area contributed by atoms with Crippen molar-refractivity contribution in [1.29, 1.82) is 0 Å². The lowest BCUT2D eigenvalue weighted by Crippen LogP contribution is -2.22. The van der Waals surface area contributed by atoms with Gasteiger partial charge in [-0.05, 0) is 29.8 Å². The maximum Gasteiger partial charge on any atom is 0.416 e. The molecule has 0 saturated carbocycles. The largest absolute Gasteiger partial charge is 0.416 e. The summed E-state index contributed by atoms with van der Waals surface area (Å²) in [5, 5.41) is 0. The number of alkyl halides is 3. The quantitative estimate of drug-likeness (QED) is 0.713. The first-order valence-electron chi connectivity index (χ1n) is 6.68. The fourth-order valence-electron chi connectivity index (χ4n) is 2.54. The molecule has 0 atom stereocenters. The van der Waals surface area contributed by atoms with E-state index < -0.39 is 11.7 Å². The second-order valence-electron chi connectivity index (χ2n) is 5.11. The van der Waals surface area contributed by atoms with Crippen LogP contribution < -0.4 is 5.69 Å². The molecule has 0 N–H and O–H groups in total. The molecule has 0 saturated heterocycles. The molecule has 0 bridgehead atoms. The number of nitrogens with zero attached hydrogens (tertiary/aromatic N) is 2. The van der Waals surface area contributed by atoms with E-state index >= 15 is 0 Å². The fraction of sp³-hybridized carbons (Fsp3) is 0.188. The Morgan fingerprint density at radius 2 is 1.68 bits per heavy atom. The summed E-state index contributed by atoms with van der Waals surface area (Å²) in [4.78, 5) is 12.3. The van der Waals surface area contributed by atoms with Crippen LogP contribution in [0.1, 0.15) is 11.1 Å². The van der Waals surface area contributed by atoms with Gasteiger partial charge in [0, 0.05) is 7.05 Å². The van der Waals surface area contributed by atoms with Crippen molar-refractivity contribution in [2.45, 2.75) is 12.7 Å². The minimum atomic E-state index is -4.39. The molecule has 22 heavy (non-hydrogen) atoms. The van der Waals surface area contributed by atoms with Crippen LogP contribution in [0.2, 0.25) is 0 Å². The van der Waals surface area contributed by atoms with Gasteiger partial charge in [0.25, 0.3) is 0 Å². The zero-order chi connectivity index (χ0) is 15.9.